The van der Waals surface area contributed by atoms with Crippen LogP contribution in [0, 0.1) is 6.92 Å². The summed E-state index contributed by atoms with van der Waals surface area (Å²) >= 11 is 1.74. The molecule has 0 unspecified atom stereocenters. The quantitative estimate of drug-likeness (QED) is 0.864. The van der Waals surface area contributed by atoms with Crippen LogP contribution >= 0.6 is 11.3 Å². The molecule has 0 radical (unpaired) electrons. The molecule has 2 aromatic rings. The van der Waals surface area contributed by atoms with Crippen molar-refractivity contribution in [2.75, 3.05) is 31.1 Å². The van der Waals surface area contributed by atoms with Crippen LogP contribution in [0.5, 0.6) is 0 Å². The van der Waals surface area contributed by atoms with Crippen molar-refractivity contribution in [3.05, 3.63) is 47.0 Å². The van der Waals surface area contributed by atoms with E-state index in [9.17, 15) is 0 Å². The number of aryl methyl sites for hydroxylation is 1. The van der Waals surface area contributed by atoms with E-state index in [2.05, 4.69) is 51.4 Å². The molecule has 0 aliphatic carbocycles. The Bertz CT molecular complexity index is 521. The van der Waals surface area contributed by atoms with E-state index in [4.69, 9.17) is 0 Å². The lowest BCUT2D eigenvalue weighted by molar-refractivity contribution is 0.285. The Morgan fingerprint density at radius 2 is 1.95 bits per heavy atom. The number of rotatable bonds is 3. The maximum absolute atomic E-state index is 4.43. The van der Waals surface area contributed by atoms with Crippen molar-refractivity contribution in [2.24, 2.45) is 0 Å². The van der Waals surface area contributed by atoms with Gasteiger partial charge in [0.1, 0.15) is 0 Å². The van der Waals surface area contributed by atoms with Gasteiger partial charge in [-0.05, 0) is 18.9 Å². The number of nitrogens with zero attached hydrogens (tertiary/aromatic N) is 3. The molecule has 1 aliphatic heterocycles. The monoisotopic (exact) mass is 287 g/mol. The molecule has 3 nitrogen and oxygen atoms in total. The van der Waals surface area contributed by atoms with Gasteiger partial charge in [0.05, 0.1) is 0 Å². The minimum atomic E-state index is 1.06. The van der Waals surface area contributed by atoms with Gasteiger partial charge in [-0.2, -0.15) is 0 Å². The Morgan fingerprint density at radius 1 is 1.10 bits per heavy atom. The molecule has 0 spiro atoms. The summed E-state index contributed by atoms with van der Waals surface area (Å²) in [5, 5.41) is 3.23. The zero-order chi connectivity index (χ0) is 13.8. The summed E-state index contributed by atoms with van der Waals surface area (Å²) < 4.78 is 0. The zero-order valence-electron chi connectivity index (χ0n) is 12.0. The molecule has 2 heterocycles. The summed E-state index contributed by atoms with van der Waals surface area (Å²) in [5.74, 6) is 0. The van der Waals surface area contributed by atoms with Crippen LogP contribution in [0.4, 0.5) is 5.13 Å². The Labute approximate surface area is 124 Å². The number of hydrogen-bond donors (Lipinski definition) is 0. The maximum atomic E-state index is 4.43. The SMILES string of the molecule is Cc1ccc(CN2CCCN(c3nccs3)CC2)cc1. The lowest BCUT2D eigenvalue weighted by Gasteiger charge is -2.21. The van der Waals surface area contributed by atoms with Crippen molar-refractivity contribution in [2.45, 2.75) is 19.9 Å². The average Bonchev–Trinajstić information content (AvgIpc) is 2.89. The van der Waals surface area contributed by atoms with E-state index in [1.165, 1.54) is 29.2 Å². The van der Waals surface area contributed by atoms with Crippen molar-refractivity contribution in [3.63, 3.8) is 0 Å². The molecule has 1 aromatic carbocycles. The van der Waals surface area contributed by atoms with Crippen LogP contribution in [-0.4, -0.2) is 36.1 Å². The smallest absolute Gasteiger partial charge is 0.185 e. The molecule has 0 atom stereocenters. The second kappa shape index (κ2) is 6.37. The van der Waals surface area contributed by atoms with Gasteiger partial charge in [0.15, 0.2) is 5.13 Å². The van der Waals surface area contributed by atoms with Crippen LogP contribution in [0.1, 0.15) is 17.5 Å². The summed E-state index contributed by atoms with van der Waals surface area (Å²) in [7, 11) is 0. The highest BCUT2D eigenvalue weighted by molar-refractivity contribution is 7.13. The first kappa shape index (κ1) is 13.6. The van der Waals surface area contributed by atoms with Crippen molar-refractivity contribution >= 4 is 16.5 Å². The second-order valence-electron chi connectivity index (χ2n) is 5.42. The average molecular weight is 287 g/mol. The fourth-order valence-electron chi connectivity index (χ4n) is 2.64. The van der Waals surface area contributed by atoms with Gasteiger partial charge in [0.2, 0.25) is 0 Å². The van der Waals surface area contributed by atoms with Gasteiger partial charge in [-0.3, -0.25) is 4.90 Å². The first-order valence-corrected chi connectivity index (χ1v) is 8.11. The summed E-state index contributed by atoms with van der Waals surface area (Å²) in [5.41, 5.74) is 2.75. The van der Waals surface area contributed by atoms with Crippen molar-refractivity contribution < 1.29 is 0 Å². The first-order chi connectivity index (χ1) is 9.81. The minimum absolute atomic E-state index is 1.06. The van der Waals surface area contributed by atoms with E-state index in [0.717, 1.165) is 26.2 Å². The van der Waals surface area contributed by atoms with Gasteiger partial charge in [0.25, 0.3) is 0 Å². The number of benzene rings is 1. The fraction of sp³-hybridized carbons (Fsp3) is 0.438. The van der Waals surface area contributed by atoms with Crippen molar-refractivity contribution in [1.82, 2.24) is 9.88 Å². The molecule has 1 saturated heterocycles. The minimum Gasteiger partial charge on any atom is -0.347 e. The maximum Gasteiger partial charge on any atom is 0.185 e. The van der Waals surface area contributed by atoms with Gasteiger partial charge in [-0.1, -0.05) is 29.8 Å². The first-order valence-electron chi connectivity index (χ1n) is 7.23. The van der Waals surface area contributed by atoms with Gasteiger partial charge in [-0.15, -0.1) is 11.3 Å². The van der Waals surface area contributed by atoms with Crippen LogP contribution < -0.4 is 4.90 Å². The Morgan fingerprint density at radius 3 is 2.70 bits per heavy atom. The molecular weight excluding hydrogens is 266 g/mol. The normalized spacial score (nSPS) is 17.1. The number of hydrogen-bond acceptors (Lipinski definition) is 4. The third kappa shape index (κ3) is 3.38. The summed E-state index contributed by atoms with van der Waals surface area (Å²) in [6.07, 6.45) is 3.11. The van der Waals surface area contributed by atoms with E-state index < -0.39 is 0 Å². The molecule has 4 heteroatoms. The topological polar surface area (TPSA) is 19.4 Å². The molecule has 0 bridgehead atoms. The van der Waals surface area contributed by atoms with E-state index in [-0.39, 0.29) is 0 Å². The van der Waals surface area contributed by atoms with E-state index in [1.54, 1.807) is 11.3 Å². The van der Waals surface area contributed by atoms with Gasteiger partial charge in [-0.25, -0.2) is 4.98 Å². The fourth-order valence-corrected chi connectivity index (χ4v) is 3.34. The summed E-state index contributed by atoms with van der Waals surface area (Å²) in [4.78, 5) is 9.40. The van der Waals surface area contributed by atoms with Gasteiger partial charge >= 0.3 is 0 Å². The van der Waals surface area contributed by atoms with Crippen LogP contribution in [0.2, 0.25) is 0 Å². The molecule has 0 saturated carbocycles. The molecular formula is C16H21N3S. The third-order valence-electron chi connectivity index (χ3n) is 3.81. The lowest BCUT2D eigenvalue weighted by atomic mass is 10.1. The molecule has 1 fully saturated rings. The standard InChI is InChI=1S/C16H21N3S/c1-14-3-5-15(6-4-14)13-18-8-2-9-19(11-10-18)16-17-7-12-20-16/h3-7,12H,2,8-11,13H2,1H3. The molecule has 106 valence electrons. The number of anilines is 1. The lowest BCUT2D eigenvalue weighted by Crippen LogP contribution is -2.30. The number of thiazole rings is 1. The molecule has 1 aromatic heterocycles. The Hall–Kier alpha value is -1.39. The summed E-state index contributed by atoms with van der Waals surface area (Å²) in [6, 6.07) is 8.90. The highest BCUT2D eigenvalue weighted by Crippen LogP contribution is 2.19. The third-order valence-corrected chi connectivity index (χ3v) is 4.64. The van der Waals surface area contributed by atoms with E-state index >= 15 is 0 Å². The zero-order valence-corrected chi connectivity index (χ0v) is 12.8. The summed E-state index contributed by atoms with van der Waals surface area (Å²) in [6.45, 7) is 7.70. The van der Waals surface area contributed by atoms with Crippen LogP contribution in [0.25, 0.3) is 0 Å². The predicted octanol–water partition coefficient (Wildman–Crippen LogP) is 3.16. The molecule has 20 heavy (non-hydrogen) atoms. The van der Waals surface area contributed by atoms with Crippen LogP contribution in [-0.2, 0) is 6.54 Å². The largest absolute Gasteiger partial charge is 0.347 e. The second-order valence-corrected chi connectivity index (χ2v) is 6.29. The van der Waals surface area contributed by atoms with Gasteiger partial charge in [0, 0.05) is 44.3 Å². The Kier molecular flexibility index (Phi) is 4.33. The Balaban J connectivity index is 1.58. The molecule has 0 N–H and O–H groups in total. The molecule has 0 amide bonds. The predicted molar refractivity (Wildman–Crippen MR) is 85.4 cm³/mol. The van der Waals surface area contributed by atoms with Crippen LogP contribution in [0.3, 0.4) is 0 Å². The van der Waals surface area contributed by atoms with Crippen molar-refractivity contribution in [1.29, 1.82) is 0 Å². The molecule has 1 aliphatic rings. The highest BCUT2D eigenvalue weighted by Gasteiger charge is 2.16. The van der Waals surface area contributed by atoms with E-state index in [1.807, 2.05) is 6.20 Å². The van der Waals surface area contributed by atoms with E-state index in [0.29, 0.717) is 0 Å². The highest BCUT2D eigenvalue weighted by atomic mass is 32.1. The van der Waals surface area contributed by atoms with Gasteiger partial charge < -0.3 is 4.90 Å². The number of aromatic nitrogens is 1. The van der Waals surface area contributed by atoms with Crippen molar-refractivity contribution in [3.8, 4) is 0 Å². The molecule has 3 rings (SSSR count). The van der Waals surface area contributed by atoms with Crippen LogP contribution in [0.15, 0.2) is 35.8 Å².